The molecule has 0 aliphatic heterocycles. The Bertz CT molecular complexity index is 1030. The molecule has 1 atom stereocenters. The minimum Gasteiger partial charge on any atom is -0.351 e. The summed E-state index contributed by atoms with van der Waals surface area (Å²) in [5.74, 6) is -0.0700. The van der Waals surface area contributed by atoms with Crippen molar-refractivity contribution in [3.8, 4) is 0 Å². The van der Waals surface area contributed by atoms with Gasteiger partial charge in [0.15, 0.2) is 5.16 Å². The zero-order valence-electron chi connectivity index (χ0n) is 15.9. The number of aromatic nitrogens is 2. The first-order valence-electron chi connectivity index (χ1n) is 8.91. The number of amides is 1. The van der Waals surface area contributed by atoms with Crippen LogP contribution in [0, 0.1) is 13.8 Å². The maximum atomic E-state index is 12.9. The van der Waals surface area contributed by atoms with Gasteiger partial charge in [-0.2, -0.15) is 0 Å². The number of rotatable bonds is 6. The third kappa shape index (κ3) is 4.09. The van der Waals surface area contributed by atoms with E-state index in [1.807, 2.05) is 58.0 Å². The number of thiophene rings is 1. The van der Waals surface area contributed by atoms with Crippen molar-refractivity contribution in [3.05, 3.63) is 56.7 Å². The lowest BCUT2D eigenvalue weighted by Crippen LogP contribution is -2.31. The Kier molecular flexibility index (Phi) is 6.01. The van der Waals surface area contributed by atoms with Crippen LogP contribution >= 0.6 is 23.1 Å². The first-order valence-corrected chi connectivity index (χ1v) is 10.6. The fraction of sp³-hybridized carbons (Fsp3) is 0.350. The van der Waals surface area contributed by atoms with Crippen molar-refractivity contribution in [2.75, 3.05) is 0 Å². The summed E-state index contributed by atoms with van der Waals surface area (Å²) in [6, 6.07) is 9.80. The normalized spacial score (nSPS) is 12.3. The van der Waals surface area contributed by atoms with Crippen molar-refractivity contribution in [2.45, 2.75) is 51.2 Å². The highest BCUT2D eigenvalue weighted by atomic mass is 32.2. The molecule has 27 heavy (non-hydrogen) atoms. The van der Waals surface area contributed by atoms with Crippen molar-refractivity contribution in [2.24, 2.45) is 0 Å². The van der Waals surface area contributed by atoms with Gasteiger partial charge in [-0.15, -0.1) is 11.3 Å². The predicted molar refractivity (Wildman–Crippen MR) is 113 cm³/mol. The largest absolute Gasteiger partial charge is 0.351 e. The van der Waals surface area contributed by atoms with E-state index in [-0.39, 0.29) is 16.7 Å². The summed E-state index contributed by atoms with van der Waals surface area (Å²) < 4.78 is 1.66. The molecule has 0 unspecified atom stereocenters. The van der Waals surface area contributed by atoms with E-state index in [1.165, 1.54) is 23.1 Å². The molecule has 1 aromatic carbocycles. The maximum Gasteiger partial charge on any atom is 0.263 e. The van der Waals surface area contributed by atoms with Crippen LogP contribution in [0.1, 0.15) is 29.9 Å². The average molecular weight is 402 g/mol. The van der Waals surface area contributed by atoms with Gasteiger partial charge in [0.05, 0.1) is 10.6 Å². The van der Waals surface area contributed by atoms with Crippen LogP contribution in [0.15, 0.2) is 40.3 Å². The van der Waals surface area contributed by atoms with Crippen LogP contribution in [-0.4, -0.2) is 20.7 Å². The number of carbonyl (C=O) groups excluding carboxylic acids is 1. The van der Waals surface area contributed by atoms with Gasteiger partial charge >= 0.3 is 0 Å². The van der Waals surface area contributed by atoms with Gasteiger partial charge in [-0.3, -0.25) is 14.2 Å². The standard InChI is InChI=1S/C20H23N3O2S2/c1-5-23-19(25)16-12(2)13(3)26-18(16)22-20(23)27-14(4)17(24)21-11-15-9-7-6-8-10-15/h6-10,14H,5,11H2,1-4H3,(H,21,24)/t14-/m1/s1. The molecule has 142 valence electrons. The molecule has 3 rings (SSSR count). The first kappa shape index (κ1) is 19.6. The molecule has 0 radical (unpaired) electrons. The predicted octanol–water partition coefficient (Wildman–Crippen LogP) is 3.89. The fourth-order valence-electron chi connectivity index (χ4n) is 2.82. The molecular weight excluding hydrogens is 378 g/mol. The molecule has 0 bridgehead atoms. The number of hydrogen-bond acceptors (Lipinski definition) is 5. The van der Waals surface area contributed by atoms with Gasteiger partial charge in [-0.1, -0.05) is 42.1 Å². The van der Waals surface area contributed by atoms with E-state index in [0.717, 1.165) is 20.8 Å². The molecule has 1 amide bonds. The highest BCUT2D eigenvalue weighted by molar-refractivity contribution is 8.00. The molecule has 0 saturated carbocycles. The number of thioether (sulfide) groups is 1. The van der Waals surface area contributed by atoms with E-state index >= 15 is 0 Å². The molecule has 7 heteroatoms. The fourth-order valence-corrected chi connectivity index (χ4v) is 4.89. The molecule has 1 N–H and O–H groups in total. The maximum absolute atomic E-state index is 12.9. The van der Waals surface area contributed by atoms with E-state index in [0.29, 0.717) is 23.6 Å². The van der Waals surface area contributed by atoms with E-state index in [4.69, 9.17) is 4.98 Å². The summed E-state index contributed by atoms with van der Waals surface area (Å²) in [4.78, 5) is 31.9. The monoisotopic (exact) mass is 401 g/mol. The van der Waals surface area contributed by atoms with Gasteiger partial charge in [-0.05, 0) is 38.8 Å². The second-order valence-electron chi connectivity index (χ2n) is 6.37. The first-order chi connectivity index (χ1) is 12.9. The molecular formula is C20H23N3O2S2. The van der Waals surface area contributed by atoms with Gasteiger partial charge in [0.25, 0.3) is 5.56 Å². The number of nitrogens with one attached hydrogen (secondary N) is 1. The Balaban J connectivity index is 1.80. The summed E-state index contributed by atoms with van der Waals surface area (Å²) in [5.41, 5.74) is 2.03. The Hall–Kier alpha value is -2.12. The zero-order valence-corrected chi connectivity index (χ0v) is 17.5. The third-order valence-electron chi connectivity index (χ3n) is 4.53. The smallest absolute Gasteiger partial charge is 0.263 e. The summed E-state index contributed by atoms with van der Waals surface area (Å²) in [7, 11) is 0. The zero-order chi connectivity index (χ0) is 19.6. The van der Waals surface area contributed by atoms with Crippen molar-refractivity contribution >= 4 is 39.2 Å². The van der Waals surface area contributed by atoms with Crippen LogP contribution in [0.3, 0.4) is 0 Å². The van der Waals surface area contributed by atoms with Gasteiger partial charge in [-0.25, -0.2) is 4.98 Å². The average Bonchev–Trinajstić information content (AvgIpc) is 2.94. The van der Waals surface area contributed by atoms with Gasteiger partial charge in [0.2, 0.25) is 5.91 Å². The van der Waals surface area contributed by atoms with Crippen LogP contribution < -0.4 is 10.9 Å². The number of fused-ring (bicyclic) bond motifs is 1. The van der Waals surface area contributed by atoms with Crippen molar-refractivity contribution in [1.82, 2.24) is 14.9 Å². The van der Waals surface area contributed by atoms with E-state index in [9.17, 15) is 9.59 Å². The second kappa shape index (κ2) is 8.27. The summed E-state index contributed by atoms with van der Waals surface area (Å²) in [6.07, 6.45) is 0. The molecule has 2 aromatic heterocycles. The summed E-state index contributed by atoms with van der Waals surface area (Å²) in [6.45, 7) is 8.74. The molecule has 0 saturated heterocycles. The van der Waals surface area contributed by atoms with E-state index in [2.05, 4.69) is 5.32 Å². The molecule has 0 fully saturated rings. The summed E-state index contributed by atoms with van der Waals surface area (Å²) in [5, 5.41) is 3.89. The highest BCUT2D eigenvalue weighted by Crippen LogP contribution is 2.29. The van der Waals surface area contributed by atoms with Gasteiger partial charge in [0.1, 0.15) is 4.83 Å². The molecule has 0 aliphatic carbocycles. The number of aryl methyl sites for hydroxylation is 2. The molecule has 3 aromatic rings. The minimum atomic E-state index is -0.349. The third-order valence-corrected chi connectivity index (χ3v) is 6.72. The van der Waals surface area contributed by atoms with Crippen LogP contribution in [0.25, 0.3) is 10.2 Å². The van der Waals surface area contributed by atoms with Gasteiger partial charge in [0, 0.05) is 18.0 Å². The highest BCUT2D eigenvalue weighted by Gasteiger charge is 2.20. The molecule has 0 spiro atoms. The Morgan fingerprint density at radius 2 is 2.00 bits per heavy atom. The SMILES string of the molecule is CCn1c(S[C@H](C)C(=O)NCc2ccccc2)nc2sc(C)c(C)c2c1=O. The topological polar surface area (TPSA) is 64.0 Å². The molecule has 0 aliphatic rings. The number of nitrogens with zero attached hydrogens (tertiary/aromatic N) is 2. The van der Waals surface area contributed by atoms with Crippen molar-refractivity contribution in [1.29, 1.82) is 0 Å². The lowest BCUT2D eigenvalue weighted by Gasteiger charge is -2.15. The van der Waals surface area contributed by atoms with Crippen LogP contribution in [0.5, 0.6) is 0 Å². The molecule has 2 heterocycles. The second-order valence-corrected chi connectivity index (χ2v) is 8.88. The Morgan fingerprint density at radius 3 is 2.67 bits per heavy atom. The summed E-state index contributed by atoms with van der Waals surface area (Å²) >= 11 is 2.86. The molecule has 5 nitrogen and oxygen atoms in total. The number of hydrogen-bond donors (Lipinski definition) is 1. The Morgan fingerprint density at radius 1 is 1.30 bits per heavy atom. The van der Waals surface area contributed by atoms with Crippen LogP contribution in [-0.2, 0) is 17.9 Å². The van der Waals surface area contributed by atoms with Crippen LogP contribution in [0.2, 0.25) is 0 Å². The lowest BCUT2D eigenvalue weighted by molar-refractivity contribution is -0.120. The quantitative estimate of drug-likeness (QED) is 0.503. The number of carbonyl (C=O) groups is 1. The van der Waals surface area contributed by atoms with Crippen LogP contribution in [0.4, 0.5) is 0 Å². The van der Waals surface area contributed by atoms with Gasteiger partial charge < -0.3 is 5.32 Å². The van der Waals surface area contributed by atoms with Crippen molar-refractivity contribution in [3.63, 3.8) is 0 Å². The number of benzene rings is 1. The van der Waals surface area contributed by atoms with Crippen molar-refractivity contribution < 1.29 is 4.79 Å². The van der Waals surface area contributed by atoms with E-state index in [1.54, 1.807) is 4.57 Å². The Labute approximate surface area is 166 Å². The lowest BCUT2D eigenvalue weighted by atomic mass is 10.2. The van der Waals surface area contributed by atoms with E-state index < -0.39 is 0 Å². The minimum absolute atomic E-state index is 0.0243.